The summed E-state index contributed by atoms with van der Waals surface area (Å²) in [4.78, 5) is 5.01. The number of fused-ring (bicyclic) bond motifs is 1. The first-order valence-corrected chi connectivity index (χ1v) is 14.9. The number of ether oxygens (including phenoxy) is 2. The molecular weight excluding hydrogens is 578 g/mol. The van der Waals surface area contributed by atoms with Crippen LogP contribution in [0.15, 0.2) is 115 Å². The topological polar surface area (TPSA) is 47.7 Å². The Morgan fingerprint density at radius 3 is 1.91 bits per heavy atom. The van der Waals surface area contributed by atoms with E-state index in [9.17, 15) is 0 Å². The fraction of sp³-hybridized carbons (Fsp3) is 0.235. The molecule has 0 bridgehead atoms. The molecule has 2 aliphatic rings. The van der Waals surface area contributed by atoms with Crippen molar-refractivity contribution in [2.24, 2.45) is 0 Å². The highest BCUT2D eigenvalue weighted by Gasteiger charge is 2.30. The van der Waals surface area contributed by atoms with Gasteiger partial charge in [0.05, 0.1) is 12.7 Å². The lowest BCUT2D eigenvalue weighted by Gasteiger charge is -2.39. The van der Waals surface area contributed by atoms with E-state index in [0.717, 1.165) is 49.2 Å². The zero-order valence-electron chi connectivity index (χ0n) is 23.7. The van der Waals surface area contributed by atoms with E-state index >= 15 is 0 Å². The van der Waals surface area contributed by atoms with Crippen LogP contribution in [-0.2, 0) is 6.67 Å². The van der Waals surface area contributed by atoms with Gasteiger partial charge in [0, 0.05) is 31.9 Å². The summed E-state index contributed by atoms with van der Waals surface area (Å²) in [5.41, 5.74) is 3.60. The van der Waals surface area contributed by atoms with Gasteiger partial charge in [-0.1, -0.05) is 91.0 Å². The Hall–Kier alpha value is -3.95. The third-order valence-electron chi connectivity index (χ3n) is 8.01. The monoisotopic (exact) mass is 611 g/mol. The maximum atomic E-state index is 6.37. The van der Waals surface area contributed by atoms with E-state index in [1.807, 2.05) is 51.7 Å². The number of rotatable bonds is 7. The highest BCUT2D eigenvalue weighted by molar-refractivity contribution is 7.71. The molecular formula is C34H34ClN5O2S. The zero-order chi connectivity index (χ0) is 28.3. The zero-order valence-corrected chi connectivity index (χ0v) is 25.4. The van der Waals surface area contributed by atoms with Crippen LogP contribution >= 0.6 is 24.6 Å². The molecule has 1 unspecified atom stereocenters. The van der Waals surface area contributed by atoms with Crippen LogP contribution in [-0.4, -0.2) is 56.9 Å². The molecule has 0 aliphatic carbocycles. The van der Waals surface area contributed by atoms with Crippen molar-refractivity contribution in [3.8, 4) is 17.2 Å². The fourth-order valence-corrected chi connectivity index (χ4v) is 6.23. The molecule has 5 aromatic rings. The molecule has 2 aliphatic heterocycles. The van der Waals surface area contributed by atoms with Crippen molar-refractivity contribution < 1.29 is 9.47 Å². The molecule has 0 spiro atoms. The lowest BCUT2D eigenvalue weighted by atomic mass is 9.96. The Balaban J connectivity index is 0.00000329. The number of para-hydroxylation sites is 3. The number of piperazine rings is 1. The van der Waals surface area contributed by atoms with Gasteiger partial charge in [0.1, 0.15) is 6.61 Å². The van der Waals surface area contributed by atoms with Crippen LogP contribution in [0.25, 0.3) is 5.69 Å². The molecule has 1 aromatic heterocycles. The Labute approximate surface area is 263 Å². The minimum Gasteiger partial charge on any atom is -0.485 e. The number of aromatic nitrogens is 3. The van der Waals surface area contributed by atoms with Gasteiger partial charge in [0.25, 0.3) is 0 Å². The second-order valence-corrected chi connectivity index (χ2v) is 11.1. The normalized spacial score (nSPS) is 17.0. The second kappa shape index (κ2) is 13.1. The van der Waals surface area contributed by atoms with Crippen LogP contribution in [0.4, 0.5) is 0 Å². The first-order valence-electron chi connectivity index (χ1n) is 14.4. The first-order chi connectivity index (χ1) is 20.7. The molecule has 43 heavy (non-hydrogen) atoms. The standard InChI is InChI=1S/C34H33N5O2S.ClH/c42-34-38(25-36-20-22-37(23-21-36)32(26-12-4-1-5-13-26)27-14-6-2-7-15-27)35-33(39(34)28-16-8-3-9-17-28)31-24-40-29-18-10-11-19-30(29)41-31;/h1-19,31-32H,20-25H2;1H. The summed E-state index contributed by atoms with van der Waals surface area (Å²) < 4.78 is 17.0. The molecule has 4 aromatic carbocycles. The van der Waals surface area contributed by atoms with Gasteiger partial charge in [-0.15, -0.1) is 12.4 Å². The summed E-state index contributed by atoms with van der Waals surface area (Å²) in [5.74, 6) is 2.21. The number of hydrogen-bond donors (Lipinski definition) is 0. The minimum atomic E-state index is -0.377. The molecule has 0 amide bonds. The summed E-state index contributed by atoms with van der Waals surface area (Å²) in [6.07, 6.45) is -0.377. The average molecular weight is 612 g/mol. The van der Waals surface area contributed by atoms with E-state index in [1.165, 1.54) is 11.1 Å². The lowest BCUT2D eigenvalue weighted by molar-refractivity contribution is 0.0779. The van der Waals surface area contributed by atoms with Gasteiger partial charge < -0.3 is 9.47 Å². The maximum absolute atomic E-state index is 6.37. The highest BCUT2D eigenvalue weighted by Crippen LogP contribution is 2.36. The SMILES string of the molecule is Cl.S=c1n(CN2CCN(C(c3ccccc3)c3ccccc3)CC2)nc(C2COc3ccccc3O2)n1-c1ccccc1. The summed E-state index contributed by atoms with van der Waals surface area (Å²) in [6.45, 7) is 4.72. The molecule has 0 saturated carbocycles. The van der Waals surface area contributed by atoms with Crippen molar-refractivity contribution in [2.45, 2.75) is 18.8 Å². The van der Waals surface area contributed by atoms with Crippen molar-refractivity contribution in [3.63, 3.8) is 0 Å². The van der Waals surface area contributed by atoms with Gasteiger partial charge in [0.15, 0.2) is 23.4 Å². The minimum absolute atomic E-state index is 0. The molecule has 0 N–H and O–H groups in total. The largest absolute Gasteiger partial charge is 0.485 e. The smallest absolute Gasteiger partial charge is 0.203 e. The molecule has 1 saturated heterocycles. The van der Waals surface area contributed by atoms with Gasteiger partial charge in [-0.25, -0.2) is 4.68 Å². The average Bonchev–Trinajstić information content (AvgIpc) is 3.38. The van der Waals surface area contributed by atoms with Crippen LogP contribution < -0.4 is 9.47 Å². The summed E-state index contributed by atoms with van der Waals surface area (Å²) in [5, 5.41) is 5.04. The molecule has 1 fully saturated rings. The number of benzene rings is 4. The number of nitrogens with zero attached hydrogens (tertiary/aromatic N) is 5. The third-order valence-corrected chi connectivity index (χ3v) is 8.41. The Bertz CT molecular complexity index is 1650. The Kier molecular flexibility index (Phi) is 8.90. The molecule has 0 radical (unpaired) electrons. The van der Waals surface area contributed by atoms with Crippen molar-refractivity contribution in [3.05, 3.63) is 137 Å². The number of halogens is 1. The van der Waals surface area contributed by atoms with Gasteiger partial charge in [0.2, 0.25) is 4.77 Å². The predicted octanol–water partition coefficient (Wildman–Crippen LogP) is 6.70. The molecule has 220 valence electrons. The highest BCUT2D eigenvalue weighted by atomic mass is 35.5. The van der Waals surface area contributed by atoms with Crippen molar-refractivity contribution >= 4 is 24.6 Å². The molecule has 9 heteroatoms. The van der Waals surface area contributed by atoms with E-state index in [1.54, 1.807) is 0 Å². The van der Waals surface area contributed by atoms with E-state index in [4.69, 9.17) is 26.8 Å². The Morgan fingerprint density at radius 1 is 0.721 bits per heavy atom. The van der Waals surface area contributed by atoms with Gasteiger partial charge >= 0.3 is 0 Å². The van der Waals surface area contributed by atoms with Gasteiger partial charge in [-0.2, -0.15) is 5.10 Å². The van der Waals surface area contributed by atoms with Crippen molar-refractivity contribution in [1.82, 2.24) is 24.1 Å². The summed E-state index contributed by atoms with van der Waals surface area (Å²) >= 11 is 6.03. The summed E-state index contributed by atoms with van der Waals surface area (Å²) in [6, 6.07) is 39.7. The molecule has 3 heterocycles. The Morgan fingerprint density at radius 2 is 1.28 bits per heavy atom. The van der Waals surface area contributed by atoms with Crippen LogP contribution in [0.3, 0.4) is 0 Å². The fourth-order valence-electron chi connectivity index (χ4n) is 5.93. The molecule has 1 atom stereocenters. The molecule has 7 rings (SSSR count). The van der Waals surface area contributed by atoms with E-state index in [2.05, 4.69) is 82.6 Å². The van der Waals surface area contributed by atoms with Crippen LogP contribution in [0, 0.1) is 4.77 Å². The lowest BCUT2D eigenvalue weighted by Crippen LogP contribution is -2.48. The predicted molar refractivity (Wildman–Crippen MR) is 173 cm³/mol. The van der Waals surface area contributed by atoms with Crippen molar-refractivity contribution in [2.75, 3.05) is 32.8 Å². The number of hydrogen-bond acceptors (Lipinski definition) is 6. The molecule has 7 nitrogen and oxygen atoms in total. The summed E-state index contributed by atoms with van der Waals surface area (Å²) in [7, 11) is 0. The van der Waals surface area contributed by atoms with E-state index in [0.29, 0.717) is 18.0 Å². The van der Waals surface area contributed by atoms with Gasteiger partial charge in [-0.3, -0.25) is 14.4 Å². The van der Waals surface area contributed by atoms with E-state index < -0.39 is 0 Å². The first kappa shape index (κ1) is 29.1. The van der Waals surface area contributed by atoms with Crippen LogP contribution in [0.2, 0.25) is 0 Å². The van der Waals surface area contributed by atoms with Gasteiger partial charge in [-0.05, 0) is 47.6 Å². The third kappa shape index (κ3) is 6.10. The van der Waals surface area contributed by atoms with Crippen LogP contribution in [0.5, 0.6) is 11.5 Å². The van der Waals surface area contributed by atoms with Crippen molar-refractivity contribution in [1.29, 1.82) is 0 Å². The van der Waals surface area contributed by atoms with E-state index in [-0.39, 0.29) is 24.6 Å². The quantitative estimate of drug-likeness (QED) is 0.191. The maximum Gasteiger partial charge on any atom is 0.203 e. The second-order valence-electron chi connectivity index (χ2n) is 10.7. The van der Waals surface area contributed by atoms with Crippen LogP contribution in [0.1, 0.15) is 29.1 Å².